The highest BCUT2D eigenvalue weighted by molar-refractivity contribution is 5.69. The van der Waals surface area contributed by atoms with Crippen molar-refractivity contribution in [3.8, 4) is 0 Å². The molecule has 7 nitrogen and oxygen atoms in total. The molecule has 0 aliphatic carbocycles. The molecule has 1 unspecified atom stereocenters. The number of esters is 3. The van der Waals surface area contributed by atoms with Crippen LogP contribution in [-0.2, 0) is 28.6 Å². The van der Waals surface area contributed by atoms with E-state index in [1.165, 1.54) is 72.0 Å². The highest BCUT2D eigenvalue weighted by atomic mass is 16.5. The molecule has 0 N–H and O–H groups in total. The van der Waals surface area contributed by atoms with Gasteiger partial charge in [-0.15, -0.1) is 0 Å². The fourth-order valence-electron chi connectivity index (χ4n) is 5.06. The summed E-state index contributed by atoms with van der Waals surface area (Å²) in [6, 6.07) is 0. The van der Waals surface area contributed by atoms with Gasteiger partial charge in [-0.25, -0.2) is 0 Å². The van der Waals surface area contributed by atoms with E-state index < -0.39 is 0 Å². The minimum atomic E-state index is -0.128. The van der Waals surface area contributed by atoms with Gasteiger partial charge in [0.05, 0.1) is 14.2 Å². The first-order valence-corrected chi connectivity index (χ1v) is 17.0. The Hall–Kier alpha value is -1.89. The fourth-order valence-corrected chi connectivity index (χ4v) is 5.06. The maximum Gasteiger partial charge on any atom is 0.306 e. The van der Waals surface area contributed by atoms with Crippen molar-refractivity contribution < 1.29 is 28.6 Å². The third kappa shape index (κ3) is 29.6. The predicted octanol–water partition coefficient (Wildman–Crippen LogP) is 8.72. The highest BCUT2D eigenvalue weighted by Gasteiger charge is 2.14. The largest absolute Gasteiger partial charge is 0.469 e. The van der Waals surface area contributed by atoms with E-state index in [9.17, 15) is 14.4 Å². The number of nitrogens with zero attached hydrogens (tertiary/aromatic N) is 1. The van der Waals surface area contributed by atoms with Crippen LogP contribution in [0.5, 0.6) is 0 Å². The van der Waals surface area contributed by atoms with Crippen LogP contribution in [-0.4, -0.2) is 63.8 Å². The molecule has 0 bridgehead atoms. The SMILES string of the molecule is COC(=O)CCCCCCCC=CCCCCCCCCC(CCCCCCCC(=O)OC)OC(=O)CCCN(C)C. The van der Waals surface area contributed by atoms with Gasteiger partial charge in [0.15, 0.2) is 0 Å². The van der Waals surface area contributed by atoms with E-state index in [4.69, 9.17) is 9.47 Å². The summed E-state index contributed by atoms with van der Waals surface area (Å²) >= 11 is 0. The van der Waals surface area contributed by atoms with Gasteiger partial charge in [-0.05, 0) is 91.3 Å². The average Bonchev–Trinajstić information content (AvgIpc) is 2.97. The van der Waals surface area contributed by atoms with Gasteiger partial charge < -0.3 is 19.1 Å². The van der Waals surface area contributed by atoms with Crippen LogP contribution in [0.2, 0.25) is 0 Å². The molecule has 0 aliphatic heterocycles. The molecule has 0 rings (SSSR count). The lowest BCUT2D eigenvalue weighted by Gasteiger charge is -2.18. The molecule has 0 saturated heterocycles. The van der Waals surface area contributed by atoms with E-state index in [0.29, 0.717) is 19.3 Å². The Labute approximate surface area is 258 Å². The summed E-state index contributed by atoms with van der Waals surface area (Å²) in [5, 5.41) is 0. The summed E-state index contributed by atoms with van der Waals surface area (Å²) in [7, 11) is 6.94. The number of hydrogen-bond acceptors (Lipinski definition) is 7. The van der Waals surface area contributed by atoms with Crippen LogP contribution in [0.15, 0.2) is 12.2 Å². The number of hydrogen-bond donors (Lipinski definition) is 0. The Kier molecular flexibility index (Phi) is 29.2. The lowest BCUT2D eigenvalue weighted by Crippen LogP contribution is -2.20. The lowest BCUT2D eigenvalue weighted by molar-refractivity contribution is -0.150. The number of unbranched alkanes of at least 4 members (excludes halogenated alkanes) is 15. The lowest BCUT2D eigenvalue weighted by atomic mass is 10.0. The number of ether oxygens (including phenoxy) is 3. The Morgan fingerprint density at radius 2 is 0.905 bits per heavy atom. The summed E-state index contributed by atoms with van der Waals surface area (Å²) in [6.07, 6.45) is 29.7. The normalized spacial score (nSPS) is 12.1. The molecular formula is C35H65NO6. The number of carbonyl (C=O) groups is 3. The van der Waals surface area contributed by atoms with Crippen LogP contribution in [0, 0.1) is 0 Å². The van der Waals surface area contributed by atoms with Gasteiger partial charge in [-0.3, -0.25) is 14.4 Å². The summed E-state index contributed by atoms with van der Waals surface area (Å²) in [4.78, 5) is 36.8. The van der Waals surface area contributed by atoms with E-state index in [1.54, 1.807) is 0 Å². The van der Waals surface area contributed by atoms with Gasteiger partial charge in [0, 0.05) is 19.3 Å². The monoisotopic (exact) mass is 595 g/mol. The van der Waals surface area contributed by atoms with Crippen molar-refractivity contribution in [2.75, 3.05) is 34.9 Å². The molecule has 1 atom stereocenters. The average molecular weight is 596 g/mol. The number of methoxy groups -OCH3 is 2. The Bertz CT molecular complexity index is 678. The molecule has 7 heteroatoms. The van der Waals surface area contributed by atoms with Crippen molar-refractivity contribution in [1.29, 1.82) is 0 Å². The van der Waals surface area contributed by atoms with Crippen molar-refractivity contribution in [1.82, 2.24) is 4.90 Å². The third-order valence-electron chi connectivity index (χ3n) is 7.71. The molecular weight excluding hydrogens is 530 g/mol. The number of allylic oxidation sites excluding steroid dienone is 2. The third-order valence-corrected chi connectivity index (χ3v) is 7.71. The van der Waals surface area contributed by atoms with Crippen molar-refractivity contribution in [2.45, 2.75) is 160 Å². The molecule has 0 aromatic heterocycles. The van der Waals surface area contributed by atoms with Crippen LogP contribution in [0.1, 0.15) is 154 Å². The molecule has 246 valence electrons. The fraction of sp³-hybridized carbons (Fsp3) is 0.857. The van der Waals surface area contributed by atoms with Gasteiger partial charge in [0.25, 0.3) is 0 Å². The molecule has 0 radical (unpaired) electrons. The van der Waals surface area contributed by atoms with Crippen LogP contribution >= 0.6 is 0 Å². The predicted molar refractivity (Wildman–Crippen MR) is 172 cm³/mol. The smallest absolute Gasteiger partial charge is 0.306 e. The van der Waals surface area contributed by atoms with E-state index in [-0.39, 0.29) is 24.0 Å². The summed E-state index contributed by atoms with van der Waals surface area (Å²) in [5.74, 6) is -0.277. The second-order valence-corrected chi connectivity index (χ2v) is 12.0. The molecule has 0 spiro atoms. The first-order valence-electron chi connectivity index (χ1n) is 17.0. The first-order chi connectivity index (χ1) is 20.4. The van der Waals surface area contributed by atoms with Crippen molar-refractivity contribution >= 4 is 17.9 Å². The van der Waals surface area contributed by atoms with Crippen molar-refractivity contribution in [2.24, 2.45) is 0 Å². The van der Waals surface area contributed by atoms with Gasteiger partial charge in [-0.1, -0.05) is 76.4 Å². The Balaban J connectivity index is 3.92. The van der Waals surface area contributed by atoms with Gasteiger partial charge in [0.2, 0.25) is 0 Å². The first kappa shape index (κ1) is 40.1. The van der Waals surface area contributed by atoms with E-state index in [0.717, 1.165) is 83.6 Å². The molecule has 0 heterocycles. The Morgan fingerprint density at radius 3 is 1.33 bits per heavy atom. The molecule has 42 heavy (non-hydrogen) atoms. The van der Waals surface area contributed by atoms with Crippen molar-refractivity contribution in [3.63, 3.8) is 0 Å². The summed E-state index contributed by atoms with van der Waals surface area (Å²) in [5.41, 5.74) is 0. The van der Waals surface area contributed by atoms with Crippen LogP contribution in [0.25, 0.3) is 0 Å². The van der Waals surface area contributed by atoms with E-state index in [1.807, 2.05) is 14.1 Å². The molecule has 0 fully saturated rings. The number of rotatable bonds is 30. The molecule has 0 saturated carbocycles. The van der Waals surface area contributed by atoms with Gasteiger partial charge >= 0.3 is 17.9 Å². The highest BCUT2D eigenvalue weighted by Crippen LogP contribution is 2.18. The van der Waals surface area contributed by atoms with Crippen LogP contribution in [0.4, 0.5) is 0 Å². The summed E-state index contributed by atoms with van der Waals surface area (Å²) in [6.45, 7) is 0.905. The zero-order valence-electron chi connectivity index (χ0n) is 27.8. The van der Waals surface area contributed by atoms with Gasteiger partial charge in [-0.2, -0.15) is 0 Å². The minimum absolute atomic E-state index is 0.0388. The maximum atomic E-state index is 12.4. The van der Waals surface area contributed by atoms with Crippen molar-refractivity contribution in [3.05, 3.63) is 12.2 Å². The zero-order chi connectivity index (χ0) is 31.1. The molecule has 0 aromatic rings. The maximum absolute atomic E-state index is 12.4. The van der Waals surface area contributed by atoms with E-state index in [2.05, 4.69) is 21.8 Å². The minimum Gasteiger partial charge on any atom is -0.469 e. The molecule has 0 aromatic carbocycles. The van der Waals surface area contributed by atoms with Gasteiger partial charge in [0.1, 0.15) is 6.10 Å². The zero-order valence-corrected chi connectivity index (χ0v) is 27.8. The topological polar surface area (TPSA) is 82.1 Å². The quantitative estimate of drug-likeness (QED) is 0.0355. The standard InChI is InChI=1S/C35H65NO6/c1-36(2)31-25-30-35(39)42-32(27-22-18-16-20-24-29-34(38)41-4)26-21-17-14-12-10-8-6-5-7-9-11-13-15-19-23-28-33(37)40-3/h5,7,32H,6,8-31H2,1-4H3. The summed E-state index contributed by atoms with van der Waals surface area (Å²) < 4.78 is 15.3. The van der Waals surface area contributed by atoms with E-state index >= 15 is 0 Å². The number of carbonyl (C=O) groups excluding carboxylic acids is 3. The van der Waals surface area contributed by atoms with Crippen LogP contribution in [0.3, 0.4) is 0 Å². The molecule has 0 aliphatic rings. The van der Waals surface area contributed by atoms with Crippen LogP contribution < -0.4 is 0 Å². The second-order valence-electron chi connectivity index (χ2n) is 12.0. The second kappa shape index (κ2) is 30.6. The molecule has 0 amide bonds. The Morgan fingerprint density at radius 1 is 0.524 bits per heavy atom.